The van der Waals surface area contributed by atoms with E-state index in [-0.39, 0.29) is 0 Å². The maximum Gasteiger partial charge on any atom is 0.141 e. The number of aliphatic hydroxyl groups is 1. The van der Waals surface area contributed by atoms with Crippen molar-refractivity contribution in [2.24, 2.45) is 0 Å². The van der Waals surface area contributed by atoms with Gasteiger partial charge in [0.15, 0.2) is 0 Å². The summed E-state index contributed by atoms with van der Waals surface area (Å²) in [5, 5.41) is 13.3. The van der Waals surface area contributed by atoms with Gasteiger partial charge in [-0.25, -0.2) is 0 Å². The lowest BCUT2D eigenvalue weighted by atomic mass is 10.0. The fourth-order valence-electron chi connectivity index (χ4n) is 1.79. The maximum absolute atomic E-state index is 9.81. The summed E-state index contributed by atoms with van der Waals surface area (Å²) in [5.41, 5.74) is 1.94. The highest BCUT2D eigenvalue weighted by molar-refractivity contribution is 6.32. The lowest BCUT2D eigenvalue weighted by Crippen LogP contribution is -2.16. The zero-order valence-electron chi connectivity index (χ0n) is 8.59. The van der Waals surface area contributed by atoms with Gasteiger partial charge in [0.05, 0.1) is 17.7 Å². The molecule has 1 aromatic rings. The molecule has 1 aliphatic rings. The van der Waals surface area contributed by atoms with Gasteiger partial charge in [0.25, 0.3) is 0 Å². The van der Waals surface area contributed by atoms with E-state index in [0.29, 0.717) is 18.2 Å². The molecular formula is C11H14ClNO2. The smallest absolute Gasteiger partial charge is 0.141 e. The molecule has 0 radical (unpaired) electrons. The molecule has 1 unspecified atom stereocenters. The number of nitrogens with one attached hydrogen (secondary N) is 1. The Morgan fingerprint density at radius 1 is 1.60 bits per heavy atom. The molecule has 0 aromatic heterocycles. The Morgan fingerprint density at radius 3 is 3.13 bits per heavy atom. The zero-order valence-corrected chi connectivity index (χ0v) is 9.34. The molecule has 0 saturated heterocycles. The van der Waals surface area contributed by atoms with Crippen LogP contribution in [0, 0.1) is 0 Å². The Labute approximate surface area is 94.0 Å². The van der Waals surface area contributed by atoms with Gasteiger partial charge in [-0.3, -0.25) is 0 Å². The van der Waals surface area contributed by atoms with E-state index in [2.05, 4.69) is 5.32 Å². The first-order valence-corrected chi connectivity index (χ1v) is 5.38. The van der Waals surface area contributed by atoms with E-state index in [4.69, 9.17) is 16.3 Å². The molecule has 3 nitrogen and oxygen atoms in total. The van der Waals surface area contributed by atoms with Crippen LogP contribution in [0.25, 0.3) is 0 Å². The van der Waals surface area contributed by atoms with Gasteiger partial charge < -0.3 is 15.2 Å². The third kappa shape index (κ3) is 2.09. The second kappa shape index (κ2) is 4.39. The highest BCUT2D eigenvalue weighted by atomic mass is 35.5. The van der Waals surface area contributed by atoms with Crippen LogP contribution in [0.5, 0.6) is 5.75 Å². The quantitative estimate of drug-likeness (QED) is 0.823. The molecule has 0 saturated carbocycles. The molecule has 0 bridgehead atoms. The van der Waals surface area contributed by atoms with Crippen LogP contribution in [0.15, 0.2) is 12.1 Å². The van der Waals surface area contributed by atoms with E-state index in [1.807, 2.05) is 6.07 Å². The van der Waals surface area contributed by atoms with Crippen molar-refractivity contribution >= 4 is 11.6 Å². The van der Waals surface area contributed by atoms with Gasteiger partial charge in [0.1, 0.15) is 5.75 Å². The summed E-state index contributed by atoms with van der Waals surface area (Å²) in [6.45, 7) is 1.20. The number of benzene rings is 1. The number of ether oxygens (including phenoxy) is 1. The molecule has 1 atom stereocenters. The molecular weight excluding hydrogens is 214 g/mol. The summed E-state index contributed by atoms with van der Waals surface area (Å²) < 4.78 is 5.39. The normalized spacial score (nSPS) is 15.9. The van der Waals surface area contributed by atoms with Gasteiger partial charge in [-0.2, -0.15) is 0 Å². The zero-order chi connectivity index (χ0) is 10.8. The Balaban J connectivity index is 2.30. The average molecular weight is 228 g/mol. The Hall–Kier alpha value is -0.770. The highest BCUT2D eigenvalue weighted by Crippen LogP contribution is 2.35. The molecule has 1 aromatic carbocycles. The first-order chi connectivity index (χ1) is 7.22. The summed E-state index contributed by atoms with van der Waals surface area (Å²) in [6, 6.07) is 3.74. The SMILES string of the molecule is CNCC(O)c1cc(Cl)c2c(c1)CCO2. The molecule has 0 fully saturated rings. The fourth-order valence-corrected chi connectivity index (χ4v) is 2.09. The molecule has 0 spiro atoms. The summed E-state index contributed by atoms with van der Waals surface area (Å²) in [6.07, 6.45) is 0.355. The van der Waals surface area contributed by atoms with Crippen LogP contribution in [0.4, 0.5) is 0 Å². The first-order valence-electron chi connectivity index (χ1n) is 5.00. The summed E-state index contributed by atoms with van der Waals surface area (Å²) >= 11 is 6.06. The lowest BCUT2D eigenvalue weighted by molar-refractivity contribution is 0.177. The molecule has 1 heterocycles. The fraction of sp³-hybridized carbons (Fsp3) is 0.455. The van der Waals surface area contributed by atoms with Crippen molar-refractivity contribution in [3.8, 4) is 5.75 Å². The molecule has 0 aliphatic carbocycles. The van der Waals surface area contributed by atoms with Crippen molar-refractivity contribution in [3.05, 3.63) is 28.3 Å². The number of rotatable bonds is 3. The molecule has 15 heavy (non-hydrogen) atoms. The molecule has 4 heteroatoms. The van der Waals surface area contributed by atoms with Crippen molar-refractivity contribution < 1.29 is 9.84 Å². The number of likely N-dealkylation sites (N-methyl/N-ethyl adjacent to an activating group) is 1. The largest absolute Gasteiger partial charge is 0.491 e. The monoisotopic (exact) mass is 227 g/mol. The number of aliphatic hydroxyl groups excluding tert-OH is 1. The summed E-state index contributed by atoms with van der Waals surface area (Å²) in [4.78, 5) is 0. The van der Waals surface area contributed by atoms with Crippen LogP contribution in [0.1, 0.15) is 17.2 Å². The van der Waals surface area contributed by atoms with Crippen LogP contribution >= 0.6 is 11.6 Å². The minimum atomic E-state index is -0.515. The predicted molar refractivity (Wildman–Crippen MR) is 59.5 cm³/mol. The number of halogens is 1. The third-order valence-corrected chi connectivity index (χ3v) is 2.82. The van der Waals surface area contributed by atoms with Crippen LogP contribution in [0.3, 0.4) is 0 Å². The van der Waals surface area contributed by atoms with E-state index in [0.717, 1.165) is 23.3 Å². The van der Waals surface area contributed by atoms with Crippen LogP contribution < -0.4 is 10.1 Å². The van der Waals surface area contributed by atoms with E-state index >= 15 is 0 Å². The Morgan fingerprint density at radius 2 is 2.40 bits per heavy atom. The predicted octanol–water partition coefficient (Wildman–Crippen LogP) is 1.53. The molecule has 82 valence electrons. The molecule has 2 N–H and O–H groups in total. The van der Waals surface area contributed by atoms with Crippen LogP contribution in [-0.2, 0) is 6.42 Å². The van der Waals surface area contributed by atoms with Crippen molar-refractivity contribution in [1.82, 2.24) is 5.32 Å². The highest BCUT2D eigenvalue weighted by Gasteiger charge is 2.18. The second-order valence-electron chi connectivity index (χ2n) is 3.66. The van der Waals surface area contributed by atoms with Crippen molar-refractivity contribution in [2.75, 3.05) is 20.2 Å². The minimum Gasteiger partial charge on any atom is -0.491 e. The summed E-state index contributed by atoms with van der Waals surface area (Å²) in [7, 11) is 1.81. The maximum atomic E-state index is 9.81. The van der Waals surface area contributed by atoms with Gasteiger partial charge in [-0.15, -0.1) is 0 Å². The average Bonchev–Trinajstić information content (AvgIpc) is 2.66. The minimum absolute atomic E-state index is 0.515. The Kier molecular flexibility index (Phi) is 3.14. The van der Waals surface area contributed by atoms with Gasteiger partial charge in [-0.1, -0.05) is 11.6 Å². The number of fused-ring (bicyclic) bond motifs is 1. The third-order valence-electron chi connectivity index (χ3n) is 2.54. The topological polar surface area (TPSA) is 41.5 Å². The van der Waals surface area contributed by atoms with Crippen LogP contribution in [-0.4, -0.2) is 25.3 Å². The second-order valence-corrected chi connectivity index (χ2v) is 4.07. The number of hydrogen-bond acceptors (Lipinski definition) is 3. The molecule has 0 amide bonds. The lowest BCUT2D eigenvalue weighted by Gasteiger charge is -2.12. The van der Waals surface area contributed by atoms with E-state index in [1.54, 1.807) is 13.1 Å². The van der Waals surface area contributed by atoms with Crippen LogP contribution in [0.2, 0.25) is 5.02 Å². The van der Waals surface area contributed by atoms with E-state index in [1.165, 1.54) is 0 Å². The van der Waals surface area contributed by atoms with Gasteiger partial charge in [-0.05, 0) is 30.3 Å². The molecule has 1 aliphatic heterocycles. The van der Waals surface area contributed by atoms with Gasteiger partial charge >= 0.3 is 0 Å². The Bertz CT molecular complexity index is 368. The molecule has 2 rings (SSSR count). The van der Waals surface area contributed by atoms with Gasteiger partial charge in [0, 0.05) is 13.0 Å². The van der Waals surface area contributed by atoms with Crippen molar-refractivity contribution in [3.63, 3.8) is 0 Å². The van der Waals surface area contributed by atoms with Crippen molar-refractivity contribution in [2.45, 2.75) is 12.5 Å². The standard InChI is InChI=1S/C11H14ClNO2/c1-13-6-10(14)8-4-7-2-3-15-11(7)9(12)5-8/h4-5,10,13-14H,2-3,6H2,1H3. The van der Waals surface area contributed by atoms with Gasteiger partial charge in [0.2, 0.25) is 0 Å². The van der Waals surface area contributed by atoms with E-state index in [9.17, 15) is 5.11 Å². The van der Waals surface area contributed by atoms with E-state index < -0.39 is 6.10 Å². The van der Waals surface area contributed by atoms with Crippen molar-refractivity contribution in [1.29, 1.82) is 0 Å². The first kappa shape index (κ1) is 10.7. The number of hydrogen-bond donors (Lipinski definition) is 2. The summed E-state index contributed by atoms with van der Waals surface area (Å²) in [5.74, 6) is 0.775.